The molecule has 0 aromatic carbocycles. The number of hydrogen-bond acceptors (Lipinski definition) is 2. The van der Waals surface area contributed by atoms with Crippen LogP contribution < -0.4 is 5.73 Å². The highest BCUT2D eigenvalue weighted by Gasteiger charge is 2.22. The van der Waals surface area contributed by atoms with Gasteiger partial charge in [0.05, 0.1) is 0 Å². The van der Waals surface area contributed by atoms with Crippen LogP contribution in [0.1, 0.15) is 71.1 Å². The molecule has 0 heterocycles. The van der Waals surface area contributed by atoms with Gasteiger partial charge in [-0.15, -0.1) is 0 Å². The summed E-state index contributed by atoms with van der Waals surface area (Å²) in [5, 5.41) is -0.683. The van der Waals surface area contributed by atoms with Crippen molar-refractivity contribution in [1.29, 1.82) is 0 Å². The first-order valence-electron chi connectivity index (χ1n) is 7.62. The smallest absolute Gasteiger partial charge is 0.315 e. The van der Waals surface area contributed by atoms with Crippen molar-refractivity contribution in [2.24, 2.45) is 5.73 Å². The molecule has 2 atom stereocenters. The second-order valence-electron chi connectivity index (χ2n) is 5.30. The van der Waals surface area contributed by atoms with Gasteiger partial charge in [-0.25, -0.2) is 9.00 Å². The van der Waals surface area contributed by atoms with Crippen molar-refractivity contribution in [2.45, 2.75) is 76.5 Å². The summed E-state index contributed by atoms with van der Waals surface area (Å²) in [6, 6.07) is -0.659. The summed E-state index contributed by atoms with van der Waals surface area (Å²) in [5.74, 6) is 0. The zero-order chi connectivity index (χ0) is 15.4. The predicted octanol–water partition coefficient (Wildman–Crippen LogP) is 3.47. The molecule has 120 valence electrons. The van der Waals surface area contributed by atoms with Gasteiger partial charge in [0.2, 0.25) is 0 Å². The van der Waals surface area contributed by atoms with Gasteiger partial charge in [0.25, 0.3) is 0 Å². The van der Waals surface area contributed by atoms with Gasteiger partial charge in [0.15, 0.2) is 11.1 Å². The Hall–Kier alpha value is -0.620. The second-order valence-corrected chi connectivity index (χ2v) is 6.39. The van der Waals surface area contributed by atoms with Gasteiger partial charge in [-0.2, -0.15) is 0 Å². The Morgan fingerprint density at radius 1 is 1.10 bits per heavy atom. The van der Waals surface area contributed by atoms with Gasteiger partial charge in [-0.1, -0.05) is 64.7 Å². The predicted molar refractivity (Wildman–Crippen MR) is 83.7 cm³/mol. The van der Waals surface area contributed by atoms with Crippen molar-refractivity contribution in [3.63, 3.8) is 0 Å². The first kappa shape index (κ1) is 19.4. The molecule has 0 aliphatic rings. The molecule has 0 saturated heterocycles. The zero-order valence-corrected chi connectivity index (χ0v) is 13.7. The van der Waals surface area contributed by atoms with Gasteiger partial charge < -0.3 is 15.2 Å². The lowest BCUT2D eigenvalue weighted by molar-refractivity contribution is 0.210. The van der Waals surface area contributed by atoms with Gasteiger partial charge in [-0.05, 0) is 6.42 Å². The molecule has 0 aliphatic heterocycles. The van der Waals surface area contributed by atoms with E-state index in [0.29, 0.717) is 6.42 Å². The van der Waals surface area contributed by atoms with E-state index < -0.39 is 22.5 Å². The SMILES string of the molecule is CCCCCCCCCCCC(N(C)C(N)=O)S(=O)O. The van der Waals surface area contributed by atoms with Crippen molar-refractivity contribution in [3.8, 4) is 0 Å². The van der Waals surface area contributed by atoms with Crippen LogP contribution in [0.25, 0.3) is 0 Å². The highest BCUT2D eigenvalue weighted by molar-refractivity contribution is 7.79. The molecule has 20 heavy (non-hydrogen) atoms. The van der Waals surface area contributed by atoms with E-state index in [1.54, 1.807) is 0 Å². The van der Waals surface area contributed by atoms with Crippen molar-refractivity contribution < 1.29 is 13.6 Å². The van der Waals surface area contributed by atoms with E-state index in [9.17, 15) is 13.6 Å². The molecule has 2 amide bonds. The third kappa shape index (κ3) is 9.31. The summed E-state index contributed by atoms with van der Waals surface area (Å²) < 4.78 is 20.4. The highest BCUT2D eigenvalue weighted by Crippen LogP contribution is 2.14. The average Bonchev–Trinajstić information content (AvgIpc) is 2.39. The fraction of sp³-hybridized carbons (Fsp3) is 0.929. The van der Waals surface area contributed by atoms with Crippen LogP contribution in [0.2, 0.25) is 0 Å². The third-order valence-corrected chi connectivity index (χ3v) is 4.58. The van der Waals surface area contributed by atoms with Crippen LogP contribution in [-0.2, 0) is 11.1 Å². The topological polar surface area (TPSA) is 83.6 Å². The van der Waals surface area contributed by atoms with E-state index in [4.69, 9.17) is 5.73 Å². The number of nitrogens with zero attached hydrogens (tertiary/aromatic N) is 1. The fourth-order valence-electron chi connectivity index (χ4n) is 2.20. The second kappa shape index (κ2) is 12.1. The Balaban J connectivity index is 3.65. The van der Waals surface area contributed by atoms with Gasteiger partial charge in [0.1, 0.15) is 5.37 Å². The minimum atomic E-state index is -2.04. The number of nitrogens with two attached hydrogens (primary N) is 1. The number of rotatable bonds is 12. The maximum atomic E-state index is 11.2. The van der Waals surface area contributed by atoms with Crippen molar-refractivity contribution >= 4 is 17.1 Å². The lowest BCUT2D eigenvalue weighted by atomic mass is 10.1. The standard InChI is InChI=1S/C14H30N2O3S/c1-3-4-5-6-7-8-9-10-11-12-13(20(18)19)16(2)14(15)17/h13H,3-12H2,1-2H3,(H2,15,17)(H,18,19). The van der Waals surface area contributed by atoms with E-state index in [2.05, 4.69) is 6.92 Å². The largest absolute Gasteiger partial charge is 0.351 e. The Labute approximate surface area is 125 Å². The minimum Gasteiger partial charge on any atom is -0.351 e. The number of hydrogen-bond donors (Lipinski definition) is 2. The Bertz CT molecular complexity index is 288. The van der Waals surface area contributed by atoms with Crippen molar-refractivity contribution in [1.82, 2.24) is 4.90 Å². The summed E-state index contributed by atoms with van der Waals surface area (Å²) in [6.07, 6.45) is 11.3. The molecule has 5 nitrogen and oxygen atoms in total. The quantitative estimate of drug-likeness (QED) is 0.428. The van der Waals surface area contributed by atoms with Gasteiger partial charge >= 0.3 is 6.03 Å². The van der Waals surface area contributed by atoms with Crippen molar-refractivity contribution in [2.75, 3.05) is 7.05 Å². The van der Waals surface area contributed by atoms with Gasteiger partial charge in [-0.3, -0.25) is 0 Å². The number of carbonyl (C=O) groups excluding carboxylic acids is 1. The molecular weight excluding hydrogens is 276 g/mol. The minimum absolute atomic E-state index is 0.526. The molecule has 0 fully saturated rings. The maximum absolute atomic E-state index is 11.2. The van der Waals surface area contributed by atoms with E-state index in [1.165, 1.54) is 45.6 Å². The molecule has 3 N–H and O–H groups in total. The molecule has 0 aliphatic carbocycles. The molecule has 0 rings (SSSR count). The molecule has 0 saturated carbocycles. The summed E-state index contributed by atoms with van der Waals surface area (Å²) in [4.78, 5) is 12.2. The Morgan fingerprint density at radius 3 is 1.95 bits per heavy atom. The number of unbranched alkanes of at least 4 members (excludes halogenated alkanes) is 8. The molecular formula is C14H30N2O3S. The maximum Gasteiger partial charge on any atom is 0.315 e. The van der Waals surface area contributed by atoms with Gasteiger partial charge in [0, 0.05) is 7.05 Å². The monoisotopic (exact) mass is 306 g/mol. The van der Waals surface area contributed by atoms with Crippen LogP contribution >= 0.6 is 0 Å². The number of urea groups is 1. The van der Waals surface area contributed by atoms with Crippen LogP contribution in [0, 0.1) is 0 Å². The van der Waals surface area contributed by atoms with Crippen LogP contribution in [-0.4, -0.2) is 32.1 Å². The van der Waals surface area contributed by atoms with Crippen molar-refractivity contribution in [3.05, 3.63) is 0 Å². The Morgan fingerprint density at radius 2 is 1.55 bits per heavy atom. The van der Waals surface area contributed by atoms with Crippen LogP contribution in [0.3, 0.4) is 0 Å². The number of amides is 2. The normalized spacial score (nSPS) is 13.9. The third-order valence-electron chi connectivity index (χ3n) is 3.57. The molecule has 2 unspecified atom stereocenters. The van der Waals surface area contributed by atoms with E-state index in [-0.39, 0.29) is 0 Å². The highest BCUT2D eigenvalue weighted by atomic mass is 32.2. The molecule has 0 aromatic rings. The Kier molecular flexibility index (Phi) is 11.8. The zero-order valence-electron chi connectivity index (χ0n) is 12.8. The molecule has 0 bridgehead atoms. The summed E-state index contributed by atoms with van der Waals surface area (Å²) in [7, 11) is 1.47. The lowest BCUT2D eigenvalue weighted by Gasteiger charge is -2.23. The lowest BCUT2D eigenvalue weighted by Crippen LogP contribution is -2.42. The van der Waals surface area contributed by atoms with E-state index in [1.807, 2.05) is 0 Å². The van der Waals surface area contributed by atoms with Crippen LogP contribution in [0.4, 0.5) is 4.79 Å². The van der Waals surface area contributed by atoms with E-state index in [0.717, 1.165) is 24.2 Å². The molecule has 0 spiro atoms. The number of carbonyl (C=O) groups is 1. The summed E-state index contributed by atoms with van der Waals surface area (Å²) in [6.45, 7) is 2.21. The summed E-state index contributed by atoms with van der Waals surface area (Å²) >= 11 is -2.04. The first-order valence-corrected chi connectivity index (χ1v) is 8.79. The molecule has 0 aromatic heterocycles. The fourth-order valence-corrected chi connectivity index (χ4v) is 2.94. The summed E-state index contributed by atoms with van der Waals surface area (Å²) in [5.41, 5.74) is 5.13. The van der Waals surface area contributed by atoms with E-state index >= 15 is 0 Å². The van der Waals surface area contributed by atoms with Crippen LogP contribution in [0.15, 0.2) is 0 Å². The molecule has 6 heteroatoms. The number of primary amides is 1. The van der Waals surface area contributed by atoms with Crippen LogP contribution in [0.5, 0.6) is 0 Å². The average molecular weight is 306 g/mol. The first-order chi connectivity index (χ1) is 9.50. The molecule has 0 radical (unpaired) electrons.